The first-order chi connectivity index (χ1) is 9.16. The second kappa shape index (κ2) is 7.44. The van der Waals surface area contributed by atoms with Gasteiger partial charge in [0.2, 0.25) is 0 Å². The van der Waals surface area contributed by atoms with Crippen molar-refractivity contribution in [3.63, 3.8) is 0 Å². The van der Waals surface area contributed by atoms with Crippen LogP contribution in [0.25, 0.3) is 0 Å². The van der Waals surface area contributed by atoms with Gasteiger partial charge in [0, 0.05) is 17.1 Å². The van der Waals surface area contributed by atoms with E-state index in [1.165, 1.54) is 54.1 Å². The van der Waals surface area contributed by atoms with Gasteiger partial charge in [-0.2, -0.15) is 0 Å². The first-order valence-electron chi connectivity index (χ1n) is 7.65. The summed E-state index contributed by atoms with van der Waals surface area (Å²) in [6.07, 6.45) is 8.54. The van der Waals surface area contributed by atoms with Gasteiger partial charge in [-0.15, -0.1) is 0 Å². The zero-order chi connectivity index (χ0) is 13.7. The van der Waals surface area contributed by atoms with Gasteiger partial charge in [0.05, 0.1) is 0 Å². The van der Waals surface area contributed by atoms with Crippen molar-refractivity contribution in [3.8, 4) is 0 Å². The maximum absolute atomic E-state index is 3.72. The molecule has 2 rings (SSSR count). The highest BCUT2D eigenvalue weighted by atomic mass is 79.9. The fourth-order valence-corrected chi connectivity index (χ4v) is 3.43. The second-order valence-corrected chi connectivity index (χ2v) is 6.86. The molecule has 0 saturated heterocycles. The molecule has 0 heterocycles. The number of hydrogen-bond donors (Lipinski definition) is 1. The van der Waals surface area contributed by atoms with Crippen LogP contribution in [0.2, 0.25) is 0 Å². The van der Waals surface area contributed by atoms with Gasteiger partial charge in [0.1, 0.15) is 0 Å². The molecule has 2 heteroatoms. The molecular weight excluding hydrogens is 298 g/mol. The molecule has 0 aromatic heterocycles. The quantitative estimate of drug-likeness (QED) is 0.750. The molecule has 0 aliphatic heterocycles. The number of benzene rings is 1. The Hall–Kier alpha value is -0.340. The van der Waals surface area contributed by atoms with Crippen LogP contribution in [-0.4, -0.2) is 6.04 Å². The Morgan fingerprint density at radius 3 is 2.53 bits per heavy atom. The lowest BCUT2D eigenvalue weighted by molar-refractivity contribution is 0.336. The van der Waals surface area contributed by atoms with Gasteiger partial charge in [0.25, 0.3) is 0 Å². The minimum atomic E-state index is 0.637. The van der Waals surface area contributed by atoms with Gasteiger partial charge in [-0.05, 0) is 49.8 Å². The maximum Gasteiger partial charge on any atom is 0.0208 e. The molecule has 1 nitrogen and oxygen atoms in total. The topological polar surface area (TPSA) is 12.0 Å². The Balaban J connectivity index is 1.84. The fourth-order valence-electron chi connectivity index (χ4n) is 3.00. The van der Waals surface area contributed by atoms with Crippen LogP contribution < -0.4 is 5.32 Å². The summed E-state index contributed by atoms with van der Waals surface area (Å²) >= 11 is 3.61. The molecule has 1 aromatic carbocycles. The van der Waals surface area contributed by atoms with Crippen molar-refractivity contribution in [3.05, 3.63) is 33.8 Å². The van der Waals surface area contributed by atoms with Gasteiger partial charge in [0.15, 0.2) is 0 Å². The van der Waals surface area contributed by atoms with E-state index in [0.717, 1.165) is 12.5 Å². The molecule has 1 fully saturated rings. The number of halogens is 1. The number of hydrogen-bond acceptors (Lipinski definition) is 1. The van der Waals surface area contributed by atoms with Crippen LogP contribution in [0.15, 0.2) is 22.7 Å². The smallest absolute Gasteiger partial charge is 0.0208 e. The Morgan fingerprint density at radius 1 is 1.21 bits per heavy atom. The van der Waals surface area contributed by atoms with E-state index in [-0.39, 0.29) is 0 Å². The monoisotopic (exact) mass is 323 g/mol. The third-order valence-electron chi connectivity index (χ3n) is 4.47. The van der Waals surface area contributed by atoms with Crippen LogP contribution in [0.3, 0.4) is 0 Å². The third kappa shape index (κ3) is 4.61. The highest BCUT2D eigenvalue weighted by molar-refractivity contribution is 9.10. The van der Waals surface area contributed by atoms with Crippen LogP contribution in [0.5, 0.6) is 0 Å². The lowest BCUT2D eigenvalue weighted by atomic mass is 9.93. The Labute approximate surface area is 126 Å². The Bertz CT molecular complexity index is 394. The average Bonchev–Trinajstić information content (AvgIpc) is 2.69. The van der Waals surface area contributed by atoms with Crippen LogP contribution in [-0.2, 0) is 6.54 Å². The highest BCUT2D eigenvalue weighted by Gasteiger charge is 2.18. The van der Waals surface area contributed by atoms with Crippen molar-refractivity contribution >= 4 is 15.9 Å². The van der Waals surface area contributed by atoms with Gasteiger partial charge in [-0.3, -0.25) is 0 Å². The van der Waals surface area contributed by atoms with Crippen molar-refractivity contribution in [1.82, 2.24) is 5.32 Å². The van der Waals surface area contributed by atoms with E-state index < -0.39 is 0 Å². The standard InChI is InChI=1S/C17H26BrN/c1-13-9-10-15(11-17(13)18)12-19-14(2)16-7-5-3-4-6-8-16/h9-11,14,16,19H,3-8,12H2,1-2H3/t14-/m1/s1. The van der Waals surface area contributed by atoms with Crippen molar-refractivity contribution in [2.75, 3.05) is 0 Å². The SMILES string of the molecule is Cc1ccc(CN[C@H](C)C2CCCCCC2)cc1Br. The largest absolute Gasteiger partial charge is 0.310 e. The number of aryl methyl sites for hydroxylation is 1. The molecule has 106 valence electrons. The molecule has 1 N–H and O–H groups in total. The van der Waals surface area contributed by atoms with E-state index in [0.29, 0.717) is 6.04 Å². The molecule has 0 spiro atoms. The summed E-state index contributed by atoms with van der Waals surface area (Å²) < 4.78 is 1.22. The molecule has 1 aromatic rings. The molecule has 0 amide bonds. The molecule has 0 radical (unpaired) electrons. The molecule has 1 aliphatic carbocycles. The Kier molecular flexibility index (Phi) is 5.90. The van der Waals surface area contributed by atoms with E-state index >= 15 is 0 Å². The predicted octanol–water partition coefficient (Wildman–Crippen LogP) is 5.21. The predicted molar refractivity (Wildman–Crippen MR) is 86.4 cm³/mol. The van der Waals surface area contributed by atoms with E-state index in [4.69, 9.17) is 0 Å². The third-order valence-corrected chi connectivity index (χ3v) is 5.33. The first-order valence-corrected chi connectivity index (χ1v) is 8.44. The molecule has 19 heavy (non-hydrogen) atoms. The number of nitrogens with one attached hydrogen (secondary N) is 1. The van der Waals surface area contributed by atoms with Crippen molar-refractivity contribution in [2.45, 2.75) is 65.0 Å². The first kappa shape index (κ1) is 15.1. The lowest BCUT2D eigenvalue weighted by Crippen LogP contribution is -2.32. The summed E-state index contributed by atoms with van der Waals surface area (Å²) in [5.41, 5.74) is 2.68. The summed E-state index contributed by atoms with van der Waals surface area (Å²) in [5.74, 6) is 0.872. The normalized spacial score (nSPS) is 19.1. The van der Waals surface area contributed by atoms with Crippen molar-refractivity contribution in [2.24, 2.45) is 5.92 Å². The fraction of sp³-hybridized carbons (Fsp3) is 0.647. The van der Waals surface area contributed by atoms with Crippen LogP contribution in [0, 0.1) is 12.8 Å². The van der Waals surface area contributed by atoms with E-state index in [1.807, 2.05) is 0 Å². The van der Waals surface area contributed by atoms with E-state index in [9.17, 15) is 0 Å². The minimum absolute atomic E-state index is 0.637. The lowest BCUT2D eigenvalue weighted by Gasteiger charge is -2.23. The summed E-state index contributed by atoms with van der Waals surface area (Å²) in [5, 5.41) is 3.72. The minimum Gasteiger partial charge on any atom is -0.310 e. The molecular formula is C17H26BrN. The molecule has 1 saturated carbocycles. The van der Waals surface area contributed by atoms with Gasteiger partial charge >= 0.3 is 0 Å². The maximum atomic E-state index is 3.72. The zero-order valence-electron chi connectivity index (χ0n) is 12.2. The highest BCUT2D eigenvalue weighted by Crippen LogP contribution is 2.25. The summed E-state index contributed by atoms with van der Waals surface area (Å²) in [4.78, 5) is 0. The van der Waals surface area contributed by atoms with E-state index in [2.05, 4.69) is 53.3 Å². The summed E-state index contributed by atoms with van der Waals surface area (Å²) in [6, 6.07) is 7.30. The molecule has 0 bridgehead atoms. The van der Waals surface area contributed by atoms with Gasteiger partial charge in [-0.25, -0.2) is 0 Å². The summed E-state index contributed by atoms with van der Waals surface area (Å²) in [6.45, 7) is 5.48. The molecule has 1 aliphatic rings. The molecule has 0 unspecified atom stereocenters. The van der Waals surface area contributed by atoms with Crippen molar-refractivity contribution < 1.29 is 0 Å². The average molecular weight is 324 g/mol. The van der Waals surface area contributed by atoms with Gasteiger partial charge in [-0.1, -0.05) is 53.7 Å². The number of rotatable bonds is 4. The van der Waals surface area contributed by atoms with Crippen LogP contribution >= 0.6 is 15.9 Å². The van der Waals surface area contributed by atoms with Crippen LogP contribution in [0.1, 0.15) is 56.6 Å². The zero-order valence-corrected chi connectivity index (χ0v) is 13.8. The summed E-state index contributed by atoms with van der Waals surface area (Å²) in [7, 11) is 0. The van der Waals surface area contributed by atoms with Gasteiger partial charge < -0.3 is 5.32 Å². The molecule has 1 atom stereocenters. The Morgan fingerprint density at radius 2 is 1.89 bits per heavy atom. The second-order valence-electron chi connectivity index (χ2n) is 6.00. The van der Waals surface area contributed by atoms with Crippen LogP contribution in [0.4, 0.5) is 0 Å². The van der Waals surface area contributed by atoms with E-state index in [1.54, 1.807) is 0 Å². The van der Waals surface area contributed by atoms with Crippen molar-refractivity contribution in [1.29, 1.82) is 0 Å².